The average molecular weight is 367 g/mol. The third-order valence-electron chi connectivity index (χ3n) is 3.07. The number of carbonyl (C=O) groups excluding carboxylic acids is 2. The number of halogens is 2. The molecule has 0 radical (unpaired) electrons. The lowest BCUT2D eigenvalue weighted by Gasteiger charge is -2.08. The molecule has 0 heterocycles. The van der Waals surface area contributed by atoms with Crippen molar-refractivity contribution in [3.63, 3.8) is 0 Å². The fraction of sp³-hybridized carbons (Fsp3) is 0.176. The van der Waals surface area contributed by atoms with E-state index >= 15 is 0 Å². The van der Waals surface area contributed by atoms with E-state index < -0.39 is 5.82 Å². The molecule has 2 rings (SSSR count). The lowest BCUT2D eigenvalue weighted by molar-refractivity contribution is -0.114. The summed E-state index contributed by atoms with van der Waals surface area (Å²) in [7, 11) is 0. The van der Waals surface area contributed by atoms with Crippen LogP contribution in [0.25, 0.3) is 0 Å². The van der Waals surface area contributed by atoms with Crippen LogP contribution in [-0.4, -0.2) is 23.3 Å². The zero-order valence-electron chi connectivity index (χ0n) is 12.9. The number of nitrogens with one attached hydrogen (secondary N) is 2. The monoisotopic (exact) mass is 366 g/mol. The van der Waals surface area contributed by atoms with Gasteiger partial charge in [0.15, 0.2) is 0 Å². The lowest BCUT2D eigenvalue weighted by Crippen LogP contribution is -2.18. The minimum Gasteiger partial charge on any atom is -0.325 e. The van der Waals surface area contributed by atoms with Crippen molar-refractivity contribution in [1.29, 1.82) is 0 Å². The van der Waals surface area contributed by atoms with Crippen LogP contribution < -0.4 is 10.6 Å². The molecule has 0 aliphatic rings. The molecule has 0 unspecified atom stereocenters. The van der Waals surface area contributed by atoms with E-state index in [-0.39, 0.29) is 23.3 Å². The summed E-state index contributed by atoms with van der Waals surface area (Å²) in [4.78, 5) is 23.6. The highest BCUT2D eigenvalue weighted by Gasteiger charge is 2.08. The molecule has 2 aromatic carbocycles. The third-order valence-corrected chi connectivity index (χ3v) is 4.25. The van der Waals surface area contributed by atoms with E-state index in [0.29, 0.717) is 16.4 Å². The van der Waals surface area contributed by atoms with Gasteiger partial charge in [0.05, 0.1) is 11.5 Å². The van der Waals surface area contributed by atoms with Crippen molar-refractivity contribution in [1.82, 2.24) is 0 Å². The number of hydrogen-bond acceptors (Lipinski definition) is 3. The highest BCUT2D eigenvalue weighted by Crippen LogP contribution is 2.17. The molecule has 2 amide bonds. The van der Waals surface area contributed by atoms with Crippen molar-refractivity contribution >= 4 is 46.6 Å². The average Bonchev–Trinajstić information content (AvgIpc) is 2.53. The standard InChI is InChI=1S/C17H16ClFN2O2S/c1-11-2-5-13(19)8-15(11)21-17(23)10-24-9-16(22)20-14-6-3-12(18)4-7-14/h2-8H,9-10H2,1H3,(H,20,22)(H,21,23). The van der Waals surface area contributed by atoms with E-state index in [1.807, 2.05) is 0 Å². The smallest absolute Gasteiger partial charge is 0.234 e. The first kappa shape index (κ1) is 18.3. The van der Waals surface area contributed by atoms with Crippen LogP contribution >= 0.6 is 23.4 Å². The first-order chi connectivity index (χ1) is 11.4. The fourth-order valence-corrected chi connectivity index (χ4v) is 2.63. The van der Waals surface area contributed by atoms with Crippen molar-refractivity contribution in [2.75, 3.05) is 22.1 Å². The zero-order chi connectivity index (χ0) is 17.5. The maximum Gasteiger partial charge on any atom is 0.234 e. The number of rotatable bonds is 6. The first-order valence-corrected chi connectivity index (χ1v) is 8.66. The van der Waals surface area contributed by atoms with Crippen LogP contribution in [0.4, 0.5) is 15.8 Å². The molecule has 0 aliphatic carbocycles. The lowest BCUT2D eigenvalue weighted by atomic mass is 10.2. The molecular formula is C17H16ClFN2O2S. The van der Waals surface area contributed by atoms with Crippen molar-refractivity contribution in [3.8, 4) is 0 Å². The summed E-state index contributed by atoms with van der Waals surface area (Å²) in [6, 6.07) is 11.0. The maximum absolute atomic E-state index is 13.2. The molecule has 0 aromatic heterocycles. The molecule has 0 bridgehead atoms. The van der Waals surface area contributed by atoms with Crippen LogP contribution in [0.3, 0.4) is 0 Å². The van der Waals surface area contributed by atoms with Crippen molar-refractivity contribution in [2.24, 2.45) is 0 Å². The largest absolute Gasteiger partial charge is 0.325 e. The summed E-state index contributed by atoms with van der Waals surface area (Å²) in [6.45, 7) is 1.78. The number of thioether (sulfide) groups is 1. The second-order valence-corrected chi connectivity index (χ2v) is 6.48. The maximum atomic E-state index is 13.2. The highest BCUT2D eigenvalue weighted by molar-refractivity contribution is 8.00. The Hall–Kier alpha value is -2.05. The normalized spacial score (nSPS) is 10.3. The van der Waals surface area contributed by atoms with Crippen molar-refractivity contribution < 1.29 is 14.0 Å². The second-order valence-electron chi connectivity index (χ2n) is 5.06. The minimum absolute atomic E-state index is 0.101. The third kappa shape index (κ3) is 5.86. The summed E-state index contributed by atoms with van der Waals surface area (Å²) in [5.41, 5.74) is 1.85. The van der Waals surface area contributed by atoms with Gasteiger partial charge in [0.25, 0.3) is 0 Å². The van der Waals surface area contributed by atoms with Gasteiger partial charge in [-0.05, 0) is 48.9 Å². The molecule has 0 atom stereocenters. The Morgan fingerprint density at radius 3 is 2.33 bits per heavy atom. The van der Waals surface area contributed by atoms with Gasteiger partial charge in [0.2, 0.25) is 11.8 Å². The van der Waals surface area contributed by atoms with Crippen LogP contribution in [0.15, 0.2) is 42.5 Å². The van der Waals surface area contributed by atoms with E-state index in [9.17, 15) is 14.0 Å². The minimum atomic E-state index is -0.411. The predicted molar refractivity (Wildman–Crippen MR) is 97.2 cm³/mol. The van der Waals surface area contributed by atoms with E-state index in [2.05, 4.69) is 10.6 Å². The number of anilines is 2. The molecule has 0 spiro atoms. The Bertz CT molecular complexity index is 738. The van der Waals surface area contributed by atoms with E-state index in [1.54, 1.807) is 37.3 Å². The molecule has 0 fully saturated rings. The molecule has 2 aromatic rings. The van der Waals surface area contributed by atoms with E-state index in [1.165, 1.54) is 23.9 Å². The topological polar surface area (TPSA) is 58.2 Å². The van der Waals surface area contributed by atoms with Gasteiger partial charge >= 0.3 is 0 Å². The Labute approximate surface area is 148 Å². The van der Waals surface area contributed by atoms with Crippen LogP contribution in [0.2, 0.25) is 5.02 Å². The number of aryl methyl sites for hydroxylation is 1. The van der Waals surface area contributed by atoms with Crippen LogP contribution in [0, 0.1) is 12.7 Å². The number of carbonyl (C=O) groups is 2. The van der Waals surface area contributed by atoms with Gasteiger partial charge in [-0.15, -0.1) is 11.8 Å². The summed E-state index contributed by atoms with van der Waals surface area (Å²) in [5.74, 6) is -0.668. The number of benzene rings is 2. The van der Waals surface area contributed by atoms with Crippen molar-refractivity contribution in [3.05, 3.63) is 58.9 Å². The van der Waals surface area contributed by atoms with Gasteiger partial charge in [0, 0.05) is 16.4 Å². The summed E-state index contributed by atoms with van der Waals surface area (Å²) in [6.07, 6.45) is 0. The van der Waals surface area contributed by atoms with Gasteiger partial charge in [-0.25, -0.2) is 4.39 Å². The fourth-order valence-electron chi connectivity index (χ4n) is 1.88. The quantitative estimate of drug-likeness (QED) is 0.809. The SMILES string of the molecule is Cc1ccc(F)cc1NC(=O)CSCC(=O)Nc1ccc(Cl)cc1. The Morgan fingerprint density at radius 1 is 1.04 bits per heavy atom. The van der Waals surface area contributed by atoms with Crippen molar-refractivity contribution in [2.45, 2.75) is 6.92 Å². The number of amides is 2. The predicted octanol–water partition coefficient (Wildman–Crippen LogP) is 4.10. The molecular weight excluding hydrogens is 351 g/mol. The van der Waals surface area contributed by atoms with Gasteiger partial charge in [-0.1, -0.05) is 17.7 Å². The van der Waals surface area contributed by atoms with Crippen LogP contribution in [0.1, 0.15) is 5.56 Å². The van der Waals surface area contributed by atoms with Crippen LogP contribution in [-0.2, 0) is 9.59 Å². The first-order valence-electron chi connectivity index (χ1n) is 7.13. The van der Waals surface area contributed by atoms with E-state index in [0.717, 1.165) is 5.56 Å². The molecule has 7 heteroatoms. The summed E-state index contributed by atoms with van der Waals surface area (Å²) in [5, 5.41) is 5.93. The Morgan fingerprint density at radius 2 is 1.67 bits per heavy atom. The van der Waals surface area contributed by atoms with Crippen LogP contribution in [0.5, 0.6) is 0 Å². The van der Waals surface area contributed by atoms with E-state index in [4.69, 9.17) is 11.6 Å². The molecule has 0 saturated heterocycles. The molecule has 0 aliphatic heterocycles. The molecule has 24 heavy (non-hydrogen) atoms. The molecule has 4 nitrogen and oxygen atoms in total. The van der Waals surface area contributed by atoms with Gasteiger partial charge in [-0.2, -0.15) is 0 Å². The van der Waals surface area contributed by atoms with Gasteiger partial charge in [-0.3, -0.25) is 9.59 Å². The summed E-state index contributed by atoms with van der Waals surface area (Å²) >= 11 is 6.95. The molecule has 0 saturated carbocycles. The van der Waals surface area contributed by atoms with Gasteiger partial charge in [0.1, 0.15) is 5.82 Å². The second kappa shape index (κ2) is 8.70. The van der Waals surface area contributed by atoms with Gasteiger partial charge < -0.3 is 10.6 Å². The molecule has 126 valence electrons. The summed E-state index contributed by atoms with van der Waals surface area (Å²) < 4.78 is 13.2. The molecule has 2 N–H and O–H groups in total. The highest BCUT2D eigenvalue weighted by atomic mass is 35.5. The Kier molecular flexibility index (Phi) is 6.63. The Balaban J connectivity index is 1.75. The number of hydrogen-bond donors (Lipinski definition) is 2. The zero-order valence-corrected chi connectivity index (χ0v) is 14.5.